The van der Waals surface area contributed by atoms with Crippen LogP contribution in [0.25, 0.3) is 10.8 Å². The molecule has 1 atom stereocenters. The Bertz CT molecular complexity index is 484. The number of aryl methyl sites for hydroxylation is 1. The molecule has 0 unspecified atom stereocenters. The van der Waals surface area contributed by atoms with Gasteiger partial charge in [0.2, 0.25) is 0 Å². The molecule has 2 N–H and O–H groups in total. The third-order valence-electron chi connectivity index (χ3n) is 2.74. The van der Waals surface area contributed by atoms with E-state index < -0.39 is 12.7 Å². The van der Waals surface area contributed by atoms with Gasteiger partial charge in [-0.1, -0.05) is 36.4 Å². The van der Waals surface area contributed by atoms with Crippen LogP contribution in [0.1, 0.15) is 17.2 Å². The lowest BCUT2D eigenvalue weighted by atomic mass is 9.97. The van der Waals surface area contributed by atoms with Gasteiger partial charge in [0.25, 0.3) is 0 Å². The van der Waals surface area contributed by atoms with Crippen molar-refractivity contribution < 1.29 is 4.39 Å². The highest BCUT2D eigenvalue weighted by molar-refractivity contribution is 5.88. The van der Waals surface area contributed by atoms with Crippen molar-refractivity contribution in [3.63, 3.8) is 0 Å². The average molecular weight is 240 g/mol. The highest BCUT2D eigenvalue weighted by atomic mass is 35.5. The number of benzene rings is 2. The van der Waals surface area contributed by atoms with Gasteiger partial charge in [-0.3, -0.25) is 0 Å². The van der Waals surface area contributed by atoms with Gasteiger partial charge in [0.1, 0.15) is 6.67 Å². The van der Waals surface area contributed by atoms with Crippen molar-refractivity contribution in [2.75, 3.05) is 6.67 Å². The molecule has 86 valence electrons. The third kappa shape index (κ3) is 2.18. The molecule has 1 nitrogen and oxygen atoms in total. The summed E-state index contributed by atoms with van der Waals surface area (Å²) in [4.78, 5) is 0. The Morgan fingerprint density at radius 2 is 1.75 bits per heavy atom. The quantitative estimate of drug-likeness (QED) is 0.852. The molecule has 2 aromatic rings. The van der Waals surface area contributed by atoms with E-state index >= 15 is 0 Å². The number of halogens is 2. The molecular weight excluding hydrogens is 225 g/mol. The molecule has 0 radical (unpaired) electrons. The van der Waals surface area contributed by atoms with Crippen LogP contribution in [0.4, 0.5) is 4.39 Å². The molecule has 2 aromatic carbocycles. The summed E-state index contributed by atoms with van der Waals surface area (Å²) in [5.74, 6) is 0. The van der Waals surface area contributed by atoms with Gasteiger partial charge in [0, 0.05) is 0 Å². The zero-order valence-electron chi connectivity index (χ0n) is 9.11. The monoisotopic (exact) mass is 239 g/mol. The number of hydrogen-bond donors (Lipinski definition) is 1. The van der Waals surface area contributed by atoms with Gasteiger partial charge in [0.05, 0.1) is 6.04 Å². The first kappa shape index (κ1) is 12.9. The number of nitrogens with two attached hydrogens (primary N) is 1. The third-order valence-corrected chi connectivity index (χ3v) is 2.74. The van der Waals surface area contributed by atoms with E-state index in [4.69, 9.17) is 5.73 Å². The maximum Gasteiger partial charge on any atom is 0.109 e. The Morgan fingerprint density at radius 3 is 2.38 bits per heavy atom. The van der Waals surface area contributed by atoms with E-state index in [9.17, 15) is 4.39 Å². The van der Waals surface area contributed by atoms with Crippen molar-refractivity contribution >= 4 is 23.2 Å². The maximum absolute atomic E-state index is 12.6. The van der Waals surface area contributed by atoms with E-state index in [1.165, 1.54) is 5.56 Å². The van der Waals surface area contributed by atoms with Crippen LogP contribution in [0.15, 0.2) is 36.4 Å². The van der Waals surface area contributed by atoms with E-state index in [1.54, 1.807) is 0 Å². The topological polar surface area (TPSA) is 26.0 Å². The summed E-state index contributed by atoms with van der Waals surface area (Å²) < 4.78 is 12.6. The second kappa shape index (κ2) is 5.28. The average Bonchev–Trinajstić information content (AvgIpc) is 2.29. The lowest BCUT2D eigenvalue weighted by molar-refractivity contribution is 0.438. The lowest BCUT2D eigenvalue weighted by Crippen LogP contribution is -2.12. The van der Waals surface area contributed by atoms with Crippen LogP contribution in [0, 0.1) is 6.92 Å². The van der Waals surface area contributed by atoms with E-state index in [0.29, 0.717) is 0 Å². The first-order chi connectivity index (χ1) is 7.24. The van der Waals surface area contributed by atoms with Crippen molar-refractivity contribution in [3.05, 3.63) is 47.5 Å². The van der Waals surface area contributed by atoms with Gasteiger partial charge in [-0.05, 0) is 28.8 Å². The molecule has 2 rings (SSSR count). The van der Waals surface area contributed by atoms with Crippen LogP contribution in [-0.4, -0.2) is 6.67 Å². The van der Waals surface area contributed by atoms with Gasteiger partial charge >= 0.3 is 0 Å². The molecule has 0 spiro atoms. The van der Waals surface area contributed by atoms with Crippen LogP contribution >= 0.6 is 12.4 Å². The van der Waals surface area contributed by atoms with Crippen LogP contribution in [0.5, 0.6) is 0 Å². The highest BCUT2D eigenvalue weighted by Gasteiger charge is 2.09. The van der Waals surface area contributed by atoms with Crippen LogP contribution < -0.4 is 5.73 Å². The molecule has 0 aliphatic rings. The van der Waals surface area contributed by atoms with E-state index in [1.807, 2.05) is 43.3 Å². The van der Waals surface area contributed by atoms with E-state index in [2.05, 4.69) is 0 Å². The van der Waals surface area contributed by atoms with Gasteiger partial charge in [0.15, 0.2) is 0 Å². The Balaban J connectivity index is 0.00000128. The minimum absolute atomic E-state index is 0. The Kier molecular flexibility index (Phi) is 4.27. The minimum atomic E-state index is -0.521. The predicted octanol–water partition coefficient (Wildman–Crippen LogP) is 3.54. The molecule has 0 aromatic heterocycles. The highest BCUT2D eigenvalue weighted by Crippen LogP contribution is 2.25. The Labute approximate surface area is 101 Å². The predicted molar refractivity (Wildman–Crippen MR) is 68.8 cm³/mol. The van der Waals surface area contributed by atoms with Crippen LogP contribution in [0.2, 0.25) is 0 Å². The van der Waals surface area contributed by atoms with Crippen LogP contribution in [-0.2, 0) is 0 Å². The summed E-state index contributed by atoms with van der Waals surface area (Å²) in [6.45, 7) is 1.53. The van der Waals surface area contributed by atoms with Gasteiger partial charge in [-0.25, -0.2) is 4.39 Å². The van der Waals surface area contributed by atoms with Crippen molar-refractivity contribution in [2.24, 2.45) is 5.73 Å². The van der Waals surface area contributed by atoms with Crippen molar-refractivity contribution in [1.82, 2.24) is 0 Å². The molecule has 0 saturated heterocycles. The number of alkyl halides is 1. The van der Waals surface area contributed by atoms with Gasteiger partial charge < -0.3 is 5.73 Å². The fourth-order valence-electron chi connectivity index (χ4n) is 1.88. The Hall–Kier alpha value is -1.12. The van der Waals surface area contributed by atoms with E-state index in [0.717, 1.165) is 16.3 Å². The fourth-order valence-corrected chi connectivity index (χ4v) is 1.88. The second-order valence-electron chi connectivity index (χ2n) is 3.78. The first-order valence-electron chi connectivity index (χ1n) is 5.04. The summed E-state index contributed by atoms with van der Waals surface area (Å²) in [5.41, 5.74) is 7.82. The van der Waals surface area contributed by atoms with Crippen molar-refractivity contribution in [3.8, 4) is 0 Å². The molecule has 0 fully saturated rings. The van der Waals surface area contributed by atoms with E-state index in [-0.39, 0.29) is 12.4 Å². The zero-order chi connectivity index (χ0) is 10.8. The first-order valence-corrected chi connectivity index (χ1v) is 5.04. The van der Waals surface area contributed by atoms with Crippen molar-refractivity contribution in [1.29, 1.82) is 0 Å². The molecule has 0 amide bonds. The molecular formula is C13H15ClFN. The Morgan fingerprint density at radius 1 is 1.12 bits per heavy atom. The van der Waals surface area contributed by atoms with Gasteiger partial charge in [-0.15, -0.1) is 12.4 Å². The van der Waals surface area contributed by atoms with Gasteiger partial charge in [-0.2, -0.15) is 0 Å². The van der Waals surface area contributed by atoms with Crippen molar-refractivity contribution in [2.45, 2.75) is 13.0 Å². The minimum Gasteiger partial charge on any atom is -0.322 e. The summed E-state index contributed by atoms with van der Waals surface area (Å²) in [7, 11) is 0. The zero-order valence-corrected chi connectivity index (χ0v) is 9.93. The molecule has 0 heterocycles. The summed E-state index contributed by atoms with van der Waals surface area (Å²) in [5, 5.41) is 2.21. The summed E-state index contributed by atoms with van der Waals surface area (Å²) >= 11 is 0. The summed E-state index contributed by atoms with van der Waals surface area (Å²) in [6.07, 6.45) is 0. The van der Waals surface area contributed by atoms with Crippen LogP contribution in [0.3, 0.4) is 0 Å². The standard InChI is InChI=1S/C13H14FN.ClH/c1-9-6-7-12(13(15)8-14)11-5-3-2-4-10(9)11;/h2-7,13H,8,15H2,1H3;1H/t13-;/m0./s1. The number of fused-ring (bicyclic) bond motifs is 1. The SMILES string of the molecule is Cc1ccc([C@@H](N)CF)c2ccccc12.Cl. The normalized spacial score (nSPS) is 12.2. The molecule has 0 aliphatic heterocycles. The molecule has 0 bridgehead atoms. The molecule has 3 heteroatoms. The number of rotatable bonds is 2. The lowest BCUT2D eigenvalue weighted by Gasteiger charge is -2.12. The molecule has 0 saturated carbocycles. The molecule has 16 heavy (non-hydrogen) atoms. The molecule has 0 aliphatic carbocycles. The second-order valence-corrected chi connectivity index (χ2v) is 3.78. The largest absolute Gasteiger partial charge is 0.322 e. The maximum atomic E-state index is 12.6. The summed E-state index contributed by atoms with van der Waals surface area (Å²) in [6, 6.07) is 11.4. The smallest absolute Gasteiger partial charge is 0.109 e. The number of hydrogen-bond acceptors (Lipinski definition) is 1. The fraction of sp³-hybridized carbons (Fsp3) is 0.231.